The molecule has 0 saturated heterocycles. The number of nitrogen functional groups attached to an aromatic ring is 1. The molecule has 0 aliphatic heterocycles. The van der Waals surface area contributed by atoms with Crippen molar-refractivity contribution >= 4 is 11.3 Å². The molecule has 6 nitrogen and oxygen atoms in total. The number of nitrogens with two attached hydrogens (primary N) is 1. The lowest BCUT2D eigenvalue weighted by Gasteiger charge is -2.05. The Labute approximate surface area is 115 Å². The molecule has 20 heavy (non-hydrogen) atoms. The lowest BCUT2D eigenvalue weighted by atomic mass is 10.2. The highest BCUT2D eigenvalue weighted by atomic mass is 16.5. The van der Waals surface area contributed by atoms with E-state index in [2.05, 4.69) is 10.1 Å². The molecule has 0 aliphatic carbocycles. The molecule has 6 heteroatoms. The minimum atomic E-state index is 0.570. The molecule has 0 saturated carbocycles. The maximum Gasteiger partial charge on any atom is 0.182 e. The molecule has 0 aliphatic rings. The van der Waals surface area contributed by atoms with Crippen molar-refractivity contribution in [3.63, 3.8) is 0 Å². The summed E-state index contributed by atoms with van der Waals surface area (Å²) >= 11 is 0. The second-order valence-electron chi connectivity index (χ2n) is 4.27. The molecule has 102 valence electrons. The van der Waals surface area contributed by atoms with E-state index in [-0.39, 0.29) is 0 Å². The molecule has 0 unspecified atom stereocenters. The third-order valence-corrected chi connectivity index (χ3v) is 3.00. The van der Waals surface area contributed by atoms with E-state index in [4.69, 9.17) is 15.2 Å². The smallest absolute Gasteiger partial charge is 0.182 e. The molecule has 1 aromatic carbocycles. The molecule has 0 radical (unpaired) electrons. The summed E-state index contributed by atoms with van der Waals surface area (Å²) in [5, 5.41) is 4.41. The van der Waals surface area contributed by atoms with Crippen LogP contribution in [0.15, 0.2) is 36.5 Å². The molecule has 2 heterocycles. The molecule has 3 aromatic rings. The standard InChI is InChI=1S/C14H14N4O2/c1-19-10-6-9(7-11(8-10)20-2)13-16-14-12(15)4-3-5-18(14)17-13/h3-8H,15H2,1-2H3. The Hall–Kier alpha value is -2.76. The lowest BCUT2D eigenvalue weighted by Crippen LogP contribution is -1.92. The van der Waals surface area contributed by atoms with Crippen LogP contribution in [0, 0.1) is 0 Å². The number of nitrogens with zero attached hydrogens (tertiary/aromatic N) is 3. The van der Waals surface area contributed by atoms with Gasteiger partial charge in [-0.2, -0.15) is 0 Å². The van der Waals surface area contributed by atoms with Gasteiger partial charge in [0.25, 0.3) is 0 Å². The molecule has 0 fully saturated rings. The summed E-state index contributed by atoms with van der Waals surface area (Å²) < 4.78 is 12.1. The van der Waals surface area contributed by atoms with Gasteiger partial charge in [0.1, 0.15) is 11.5 Å². The van der Waals surface area contributed by atoms with Crippen LogP contribution >= 0.6 is 0 Å². The van der Waals surface area contributed by atoms with Crippen LogP contribution in [0.5, 0.6) is 11.5 Å². The molecule has 3 rings (SSSR count). The van der Waals surface area contributed by atoms with E-state index in [1.807, 2.05) is 18.2 Å². The molecule has 2 aromatic heterocycles. The van der Waals surface area contributed by atoms with Gasteiger partial charge in [-0.3, -0.25) is 0 Å². The molecule has 0 spiro atoms. The topological polar surface area (TPSA) is 74.7 Å². The van der Waals surface area contributed by atoms with E-state index in [9.17, 15) is 0 Å². The van der Waals surface area contributed by atoms with Crippen molar-refractivity contribution in [1.29, 1.82) is 0 Å². The van der Waals surface area contributed by atoms with E-state index in [1.54, 1.807) is 37.1 Å². The van der Waals surface area contributed by atoms with Gasteiger partial charge in [-0.15, -0.1) is 5.10 Å². The van der Waals surface area contributed by atoms with Gasteiger partial charge in [-0.25, -0.2) is 9.50 Å². The minimum Gasteiger partial charge on any atom is -0.497 e. The van der Waals surface area contributed by atoms with Crippen molar-refractivity contribution in [3.8, 4) is 22.9 Å². The number of aromatic nitrogens is 3. The van der Waals surface area contributed by atoms with Crippen LogP contribution in [0.25, 0.3) is 17.0 Å². The van der Waals surface area contributed by atoms with Crippen LogP contribution in [-0.4, -0.2) is 28.8 Å². The average molecular weight is 270 g/mol. The van der Waals surface area contributed by atoms with Gasteiger partial charge < -0.3 is 15.2 Å². The fourth-order valence-electron chi connectivity index (χ4n) is 1.99. The molecular weight excluding hydrogens is 256 g/mol. The SMILES string of the molecule is COc1cc(OC)cc(-c2nc3c(N)cccn3n2)c1. The molecule has 2 N–H and O–H groups in total. The quantitative estimate of drug-likeness (QED) is 0.787. The third kappa shape index (κ3) is 2.01. The van der Waals surface area contributed by atoms with Gasteiger partial charge >= 0.3 is 0 Å². The van der Waals surface area contributed by atoms with Crippen LogP contribution in [0.2, 0.25) is 0 Å². The number of ether oxygens (including phenoxy) is 2. The maximum atomic E-state index is 5.89. The van der Waals surface area contributed by atoms with E-state index in [0.29, 0.717) is 28.7 Å². The van der Waals surface area contributed by atoms with Gasteiger partial charge in [0.15, 0.2) is 11.5 Å². The van der Waals surface area contributed by atoms with Gasteiger partial charge in [-0.1, -0.05) is 0 Å². The number of hydrogen-bond donors (Lipinski definition) is 1. The van der Waals surface area contributed by atoms with Crippen molar-refractivity contribution in [2.45, 2.75) is 0 Å². The van der Waals surface area contributed by atoms with Gasteiger partial charge in [0, 0.05) is 17.8 Å². The highest BCUT2D eigenvalue weighted by molar-refractivity contribution is 5.69. The number of anilines is 1. The first-order valence-corrected chi connectivity index (χ1v) is 6.05. The van der Waals surface area contributed by atoms with Crippen molar-refractivity contribution in [1.82, 2.24) is 14.6 Å². The third-order valence-electron chi connectivity index (χ3n) is 3.00. The normalized spacial score (nSPS) is 10.7. The number of rotatable bonds is 3. The van der Waals surface area contributed by atoms with E-state index in [1.165, 1.54) is 0 Å². The zero-order valence-corrected chi connectivity index (χ0v) is 11.2. The zero-order valence-electron chi connectivity index (χ0n) is 11.2. The number of methoxy groups -OCH3 is 2. The Kier molecular flexibility index (Phi) is 2.90. The fourth-order valence-corrected chi connectivity index (χ4v) is 1.99. The van der Waals surface area contributed by atoms with E-state index < -0.39 is 0 Å². The van der Waals surface area contributed by atoms with Crippen molar-refractivity contribution in [2.75, 3.05) is 20.0 Å². The molecular formula is C14H14N4O2. The fraction of sp³-hybridized carbons (Fsp3) is 0.143. The van der Waals surface area contributed by atoms with E-state index >= 15 is 0 Å². The second kappa shape index (κ2) is 4.73. The van der Waals surface area contributed by atoms with E-state index in [0.717, 1.165) is 5.56 Å². The summed E-state index contributed by atoms with van der Waals surface area (Å²) in [4.78, 5) is 4.45. The molecule has 0 bridgehead atoms. The number of hydrogen-bond acceptors (Lipinski definition) is 5. The lowest BCUT2D eigenvalue weighted by molar-refractivity contribution is 0.394. The van der Waals surface area contributed by atoms with Crippen molar-refractivity contribution in [3.05, 3.63) is 36.5 Å². The highest BCUT2D eigenvalue weighted by Crippen LogP contribution is 2.28. The Bertz CT molecular complexity index is 745. The number of benzene rings is 1. The molecule has 0 amide bonds. The van der Waals surface area contributed by atoms with Crippen LogP contribution in [-0.2, 0) is 0 Å². The summed E-state index contributed by atoms with van der Waals surface area (Å²) in [6, 6.07) is 9.13. The summed E-state index contributed by atoms with van der Waals surface area (Å²) in [5.41, 5.74) is 7.91. The highest BCUT2D eigenvalue weighted by Gasteiger charge is 2.11. The maximum absolute atomic E-state index is 5.89. The van der Waals surface area contributed by atoms with Crippen LogP contribution in [0.1, 0.15) is 0 Å². The second-order valence-corrected chi connectivity index (χ2v) is 4.27. The van der Waals surface area contributed by atoms with Gasteiger partial charge in [-0.05, 0) is 24.3 Å². The summed E-state index contributed by atoms with van der Waals surface area (Å²) in [5.74, 6) is 1.94. The molecule has 0 atom stereocenters. The first kappa shape index (κ1) is 12.3. The Morgan fingerprint density at radius 1 is 1.10 bits per heavy atom. The Morgan fingerprint density at radius 3 is 2.40 bits per heavy atom. The first-order chi connectivity index (χ1) is 9.71. The van der Waals surface area contributed by atoms with Crippen LogP contribution < -0.4 is 15.2 Å². The summed E-state index contributed by atoms with van der Waals surface area (Å²) in [6.45, 7) is 0. The monoisotopic (exact) mass is 270 g/mol. The number of pyridine rings is 1. The van der Waals surface area contributed by atoms with Gasteiger partial charge in [0.05, 0.1) is 19.9 Å². The van der Waals surface area contributed by atoms with Crippen LogP contribution in [0.4, 0.5) is 5.69 Å². The predicted molar refractivity (Wildman–Crippen MR) is 75.9 cm³/mol. The first-order valence-electron chi connectivity index (χ1n) is 6.05. The number of fused-ring (bicyclic) bond motifs is 1. The van der Waals surface area contributed by atoms with Gasteiger partial charge in [0.2, 0.25) is 0 Å². The summed E-state index contributed by atoms with van der Waals surface area (Å²) in [6.07, 6.45) is 1.81. The Balaban J connectivity index is 2.17. The predicted octanol–water partition coefficient (Wildman–Crippen LogP) is 2.00. The van der Waals surface area contributed by atoms with Crippen LogP contribution in [0.3, 0.4) is 0 Å². The zero-order chi connectivity index (χ0) is 14.1. The van der Waals surface area contributed by atoms with Crippen molar-refractivity contribution < 1.29 is 9.47 Å². The largest absolute Gasteiger partial charge is 0.497 e. The van der Waals surface area contributed by atoms with Crippen molar-refractivity contribution in [2.24, 2.45) is 0 Å². The minimum absolute atomic E-state index is 0.570. The average Bonchev–Trinajstić information content (AvgIpc) is 2.92. The summed E-state index contributed by atoms with van der Waals surface area (Å²) in [7, 11) is 3.21. The Morgan fingerprint density at radius 2 is 1.80 bits per heavy atom.